The Morgan fingerprint density at radius 3 is 2.20 bits per heavy atom. The average molecular weight is 145 g/mol. The van der Waals surface area contributed by atoms with Gasteiger partial charge in [0.25, 0.3) is 0 Å². The lowest BCUT2D eigenvalue weighted by atomic mass is 10.3. The molecule has 0 aromatic carbocycles. The van der Waals surface area contributed by atoms with E-state index >= 15 is 0 Å². The van der Waals surface area contributed by atoms with Gasteiger partial charge in [0.2, 0.25) is 0 Å². The summed E-state index contributed by atoms with van der Waals surface area (Å²) in [6, 6.07) is 0. The van der Waals surface area contributed by atoms with Gasteiger partial charge >= 0.3 is 0 Å². The standard InChI is InChI=1S/C5H11NO.C2H4O/c1-6-4-2-3-5-7;1-2-3/h5-6H,2-4H2,1H3;2H,1H3. The molecule has 0 unspecified atom stereocenters. The number of carbonyl (C=O) groups excluding carboxylic acids is 2. The highest BCUT2D eigenvalue weighted by Gasteiger charge is 1.78. The van der Waals surface area contributed by atoms with Gasteiger partial charge in [0, 0.05) is 6.42 Å². The van der Waals surface area contributed by atoms with Gasteiger partial charge in [-0.2, -0.15) is 0 Å². The Bertz CT molecular complexity index is 74.0. The van der Waals surface area contributed by atoms with Crippen molar-refractivity contribution in [1.29, 1.82) is 0 Å². The summed E-state index contributed by atoms with van der Waals surface area (Å²) in [7, 11) is 1.88. The summed E-state index contributed by atoms with van der Waals surface area (Å²) in [5.41, 5.74) is 0. The number of hydrogen-bond donors (Lipinski definition) is 1. The van der Waals surface area contributed by atoms with Crippen LogP contribution in [0.1, 0.15) is 19.8 Å². The number of unbranched alkanes of at least 4 members (excludes halogenated alkanes) is 1. The van der Waals surface area contributed by atoms with E-state index in [9.17, 15) is 4.79 Å². The predicted molar refractivity (Wildman–Crippen MR) is 41.0 cm³/mol. The van der Waals surface area contributed by atoms with Crippen LogP contribution in [0.25, 0.3) is 0 Å². The second-order valence-electron chi connectivity index (χ2n) is 1.65. The molecule has 0 spiro atoms. The third kappa shape index (κ3) is 26.6. The molecule has 3 nitrogen and oxygen atoms in total. The molecule has 0 amide bonds. The van der Waals surface area contributed by atoms with Gasteiger partial charge in [0.15, 0.2) is 0 Å². The Balaban J connectivity index is 0. The number of carbonyl (C=O) groups is 2. The van der Waals surface area contributed by atoms with Crippen molar-refractivity contribution < 1.29 is 9.59 Å². The second kappa shape index (κ2) is 15.7. The highest BCUT2D eigenvalue weighted by molar-refractivity contribution is 5.48. The molecule has 10 heavy (non-hydrogen) atoms. The van der Waals surface area contributed by atoms with E-state index in [-0.39, 0.29) is 0 Å². The molecule has 0 rings (SSSR count). The minimum atomic E-state index is 0.681. The third-order valence-electron chi connectivity index (χ3n) is 0.749. The largest absolute Gasteiger partial charge is 0.320 e. The molecule has 1 N–H and O–H groups in total. The Morgan fingerprint density at radius 1 is 1.40 bits per heavy atom. The summed E-state index contributed by atoms with van der Waals surface area (Å²) < 4.78 is 0. The molecule has 0 radical (unpaired) electrons. The van der Waals surface area contributed by atoms with Gasteiger partial charge in [-0.15, -0.1) is 0 Å². The van der Waals surface area contributed by atoms with Gasteiger partial charge in [-0.1, -0.05) is 0 Å². The first-order chi connectivity index (χ1) is 4.83. The first-order valence-electron chi connectivity index (χ1n) is 3.31. The molecule has 0 aliphatic rings. The fourth-order valence-corrected chi connectivity index (χ4v) is 0.362. The van der Waals surface area contributed by atoms with E-state index in [4.69, 9.17) is 4.79 Å². The zero-order valence-corrected chi connectivity index (χ0v) is 6.59. The quantitative estimate of drug-likeness (QED) is 0.460. The lowest BCUT2D eigenvalue weighted by Crippen LogP contribution is -2.06. The first kappa shape index (κ1) is 12.0. The first-order valence-corrected chi connectivity index (χ1v) is 3.31. The molecule has 0 aliphatic carbocycles. The molecular weight excluding hydrogens is 130 g/mol. The smallest absolute Gasteiger partial charge is 0.120 e. The van der Waals surface area contributed by atoms with E-state index in [0.29, 0.717) is 6.42 Å². The molecule has 0 fully saturated rings. The Hall–Kier alpha value is -0.700. The minimum absolute atomic E-state index is 0.681. The zero-order valence-electron chi connectivity index (χ0n) is 6.59. The molecule has 0 saturated heterocycles. The molecule has 0 aromatic heterocycles. The minimum Gasteiger partial charge on any atom is -0.320 e. The van der Waals surface area contributed by atoms with Crippen LogP contribution in [-0.2, 0) is 9.59 Å². The summed E-state index contributed by atoms with van der Waals surface area (Å²) >= 11 is 0. The van der Waals surface area contributed by atoms with Gasteiger partial charge in [-0.25, -0.2) is 0 Å². The normalized spacial score (nSPS) is 7.40. The summed E-state index contributed by atoms with van der Waals surface area (Å²) in [6.07, 6.45) is 3.33. The average Bonchev–Trinajstić information content (AvgIpc) is 1.91. The van der Waals surface area contributed by atoms with E-state index in [1.54, 1.807) is 0 Å². The molecule has 0 bridgehead atoms. The van der Waals surface area contributed by atoms with E-state index in [2.05, 4.69) is 5.32 Å². The van der Waals surface area contributed by atoms with Crippen LogP contribution in [0.15, 0.2) is 0 Å². The van der Waals surface area contributed by atoms with Gasteiger partial charge in [-0.3, -0.25) is 0 Å². The zero-order chi connectivity index (χ0) is 8.24. The van der Waals surface area contributed by atoms with Crippen LogP contribution in [0.2, 0.25) is 0 Å². The van der Waals surface area contributed by atoms with Crippen LogP contribution in [-0.4, -0.2) is 26.2 Å². The van der Waals surface area contributed by atoms with E-state index < -0.39 is 0 Å². The highest BCUT2D eigenvalue weighted by atomic mass is 16.1. The number of hydrogen-bond acceptors (Lipinski definition) is 3. The second-order valence-corrected chi connectivity index (χ2v) is 1.65. The molecule has 3 heteroatoms. The van der Waals surface area contributed by atoms with Gasteiger partial charge in [0.1, 0.15) is 12.6 Å². The van der Waals surface area contributed by atoms with Crippen LogP contribution in [0.4, 0.5) is 0 Å². The van der Waals surface area contributed by atoms with Crippen LogP contribution in [0, 0.1) is 0 Å². The summed E-state index contributed by atoms with van der Waals surface area (Å²) in [6.45, 7) is 2.39. The van der Waals surface area contributed by atoms with E-state index in [1.165, 1.54) is 6.92 Å². The number of rotatable bonds is 4. The van der Waals surface area contributed by atoms with Crippen molar-refractivity contribution in [2.75, 3.05) is 13.6 Å². The topological polar surface area (TPSA) is 46.2 Å². The number of nitrogens with one attached hydrogen (secondary N) is 1. The molecule has 0 aromatic rings. The molecular formula is C7H15NO2. The maximum Gasteiger partial charge on any atom is 0.120 e. The summed E-state index contributed by atoms with van der Waals surface area (Å²) in [4.78, 5) is 18.5. The maximum atomic E-state index is 9.65. The fourth-order valence-electron chi connectivity index (χ4n) is 0.362. The Morgan fingerprint density at radius 2 is 1.90 bits per heavy atom. The van der Waals surface area contributed by atoms with Gasteiger partial charge in [-0.05, 0) is 26.9 Å². The van der Waals surface area contributed by atoms with Crippen molar-refractivity contribution in [1.82, 2.24) is 5.32 Å². The van der Waals surface area contributed by atoms with Crippen molar-refractivity contribution in [2.45, 2.75) is 19.8 Å². The molecule has 60 valence electrons. The Labute approximate surface area is 61.8 Å². The maximum absolute atomic E-state index is 9.65. The molecule has 0 atom stereocenters. The summed E-state index contributed by atoms with van der Waals surface area (Å²) in [5, 5.41) is 2.94. The Kier molecular flexibility index (Phi) is 18.9. The third-order valence-corrected chi connectivity index (χ3v) is 0.749. The van der Waals surface area contributed by atoms with E-state index in [1.807, 2.05) is 7.05 Å². The highest BCUT2D eigenvalue weighted by Crippen LogP contribution is 1.77. The number of aldehydes is 2. The fraction of sp³-hybridized carbons (Fsp3) is 0.714. The van der Waals surface area contributed by atoms with Crippen LogP contribution < -0.4 is 5.32 Å². The summed E-state index contributed by atoms with van der Waals surface area (Å²) in [5.74, 6) is 0. The van der Waals surface area contributed by atoms with Crippen molar-refractivity contribution >= 4 is 12.6 Å². The van der Waals surface area contributed by atoms with Crippen molar-refractivity contribution in [3.63, 3.8) is 0 Å². The predicted octanol–water partition coefficient (Wildman–Crippen LogP) is 0.390. The van der Waals surface area contributed by atoms with E-state index in [0.717, 1.165) is 25.5 Å². The van der Waals surface area contributed by atoms with Crippen molar-refractivity contribution in [2.24, 2.45) is 0 Å². The lowest BCUT2D eigenvalue weighted by molar-refractivity contribution is -0.108. The molecule has 0 aliphatic heterocycles. The van der Waals surface area contributed by atoms with Crippen molar-refractivity contribution in [3.8, 4) is 0 Å². The van der Waals surface area contributed by atoms with Crippen LogP contribution >= 0.6 is 0 Å². The molecule has 0 heterocycles. The monoisotopic (exact) mass is 145 g/mol. The lowest BCUT2D eigenvalue weighted by Gasteiger charge is -1.89. The van der Waals surface area contributed by atoms with Crippen LogP contribution in [0.3, 0.4) is 0 Å². The molecule has 0 saturated carbocycles. The van der Waals surface area contributed by atoms with Crippen LogP contribution in [0.5, 0.6) is 0 Å². The van der Waals surface area contributed by atoms with Gasteiger partial charge in [0.05, 0.1) is 0 Å². The SMILES string of the molecule is CC=O.CNCCCC=O. The van der Waals surface area contributed by atoms with Gasteiger partial charge < -0.3 is 14.9 Å². The van der Waals surface area contributed by atoms with Crippen molar-refractivity contribution in [3.05, 3.63) is 0 Å².